The lowest BCUT2D eigenvalue weighted by Crippen LogP contribution is -2.49. The normalized spacial score (nSPS) is 15.0. The van der Waals surface area contributed by atoms with Gasteiger partial charge in [0.25, 0.3) is 0 Å². The molecule has 3 rings (SSSR count). The van der Waals surface area contributed by atoms with Crippen molar-refractivity contribution in [3.8, 4) is 11.5 Å². The minimum atomic E-state index is 0.0518. The Bertz CT molecular complexity index is 815. The molecule has 0 radical (unpaired) electrons. The molecule has 6 nitrogen and oxygen atoms in total. The lowest BCUT2D eigenvalue weighted by atomic mass is 10.1. The maximum atomic E-state index is 12.4. The highest BCUT2D eigenvalue weighted by Crippen LogP contribution is 2.18. The van der Waals surface area contributed by atoms with E-state index in [2.05, 4.69) is 28.1 Å². The molecule has 1 amide bonds. The van der Waals surface area contributed by atoms with E-state index in [1.165, 1.54) is 5.56 Å². The predicted octanol–water partition coefficient (Wildman–Crippen LogP) is 3.34. The van der Waals surface area contributed by atoms with E-state index >= 15 is 0 Å². The fourth-order valence-corrected chi connectivity index (χ4v) is 3.54. The highest BCUT2D eigenvalue weighted by atomic mass is 16.5. The molecule has 2 aromatic carbocycles. The number of carbonyl (C=O) groups excluding carboxylic acids is 1. The van der Waals surface area contributed by atoms with Crippen molar-refractivity contribution in [2.24, 2.45) is 0 Å². The zero-order valence-corrected chi connectivity index (χ0v) is 18.3. The van der Waals surface area contributed by atoms with E-state index in [-0.39, 0.29) is 5.91 Å². The summed E-state index contributed by atoms with van der Waals surface area (Å²) in [5.74, 6) is 1.78. The molecular formula is C24H33N3O3. The summed E-state index contributed by atoms with van der Waals surface area (Å²) in [5.41, 5.74) is 3.22. The molecule has 0 atom stereocenters. The highest BCUT2D eigenvalue weighted by molar-refractivity contribution is 5.93. The van der Waals surface area contributed by atoms with Gasteiger partial charge in [-0.1, -0.05) is 12.1 Å². The van der Waals surface area contributed by atoms with Crippen LogP contribution in [0.3, 0.4) is 0 Å². The maximum Gasteiger partial charge on any atom is 0.238 e. The first kappa shape index (κ1) is 22.1. The van der Waals surface area contributed by atoms with Crippen molar-refractivity contribution in [1.29, 1.82) is 0 Å². The molecule has 0 bridgehead atoms. The minimum Gasteiger partial charge on any atom is -0.494 e. The van der Waals surface area contributed by atoms with E-state index in [0.29, 0.717) is 19.8 Å². The highest BCUT2D eigenvalue weighted by Gasteiger charge is 2.19. The summed E-state index contributed by atoms with van der Waals surface area (Å²) >= 11 is 0. The number of carbonyl (C=O) groups is 1. The van der Waals surface area contributed by atoms with Crippen molar-refractivity contribution in [3.63, 3.8) is 0 Å². The molecule has 1 heterocycles. The molecule has 2 aromatic rings. The monoisotopic (exact) mass is 411 g/mol. The number of nitrogens with zero attached hydrogens (tertiary/aromatic N) is 2. The van der Waals surface area contributed by atoms with Gasteiger partial charge in [0.1, 0.15) is 18.1 Å². The standard InChI is InChI=1S/C24H33N3O3/c1-4-29-21-8-10-22(11-9-21)30-17-16-26-12-14-27(15-13-26)18-24(28)25-23-7-5-6-19(2)20(23)3/h5-11H,4,12-18H2,1-3H3,(H,25,28). The molecule has 1 N–H and O–H groups in total. The van der Waals surface area contributed by atoms with E-state index < -0.39 is 0 Å². The Balaban J connectivity index is 1.34. The summed E-state index contributed by atoms with van der Waals surface area (Å²) in [6.07, 6.45) is 0. The molecule has 6 heteroatoms. The number of hydrogen-bond donors (Lipinski definition) is 1. The molecule has 0 unspecified atom stereocenters. The van der Waals surface area contributed by atoms with Crippen LogP contribution in [0.5, 0.6) is 11.5 Å². The first-order chi connectivity index (χ1) is 14.5. The second-order valence-electron chi connectivity index (χ2n) is 7.67. The minimum absolute atomic E-state index is 0.0518. The zero-order chi connectivity index (χ0) is 21.3. The van der Waals surface area contributed by atoms with Gasteiger partial charge >= 0.3 is 0 Å². The number of rotatable bonds is 9. The third-order valence-corrected chi connectivity index (χ3v) is 5.52. The van der Waals surface area contributed by atoms with Gasteiger partial charge in [-0.15, -0.1) is 0 Å². The molecule has 1 aliphatic rings. The van der Waals surface area contributed by atoms with Gasteiger partial charge in [-0.3, -0.25) is 14.6 Å². The molecule has 1 fully saturated rings. The van der Waals surface area contributed by atoms with Crippen LogP contribution in [-0.2, 0) is 4.79 Å². The number of nitrogens with one attached hydrogen (secondary N) is 1. The Kier molecular flexibility index (Phi) is 8.11. The van der Waals surface area contributed by atoms with Crippen LogP contribution in [0.1, 0.15) is 18.1 Å². The quantitative estimate of drug-likeness (QED) is 0.686. The summed E-state index contributed by atoms with van der Waals surface area (Å²) in [7, 11) is 0. The van der Waals surface area contributed by atoms with E-state index in [4.69, 9.17) is 9.47 Å². The summed E-state index contributed by atoms with van der Waals surface area (Å²) < 4.78 is 11.3. The number of aryl methyl sites for hydroxylation is 1. The summed E-state index contributed by atoms with van der Waals surface area (Å²) in [4.78, 5) is 17.0. The Hall–Kier alpha value is -2.57. The van der Waals surface area contributed by atoms with Gasteiger partial charge in [-0.05, 0) is 62.2 Å². The molecule has 1 aliphatic heterocycles. The number of piperazine rings is 1. The van der Waals surface area contributed by atoms with Crippen molar-refractivity contribution in [2.75, 3.05) is 57.8 Å². The summed E-state index contributed by atoms with van der Waals surface area (Å²) in [6.45, 7) is 12.4. The van der Waals surface area contributed by atoms with E-state index in [9.17, 15) is 4.79 Å². The lowest BCUT2D eigenvalue weighted by Gasteiger charge is -2.34. The fourth-order valence-electron chi connectivity index (χ4n) is 3.54. The van der Waals surface area contributed by atoms with Gasteiger partial charge < -0.3 is 14.8 Å². The van der Waals surface area contributed by atoms with Crippen LogP contribution in [0.2, 0.25) is 0 Å². The van der Waals surface area contributed by atoms with Crippen molar-refractivity contribution in [1.82, 2.24) is 9.80 Å². The van der Waals surface area contributed by atoms with E-state index in [1.54, 1.807) is 0 Å². The second-order valence-corrected chi connectivity index (χ2v) is 7.67. The number of hydrogen-bond acceptors (Lipinski definition) is 5. The van der Waals surface area contributed by atoms with Gasteiger partial charge in [0.15, 0.2) is 0 Å². The van der Waals surface area contributed by atoms with Crippen LogP contribution in [0.4, 0.5) is 5.69 Å². The topological polar surface area (TPSA) is 54.0 Å². The zero-order valence-electron chi connectivity index (χ0n) is 18.3. The molecule has 0 saturated carbocycles. The molecule has 162 valence electrons. The van der Waals surface area contributed by atoms with Crippen molar-refractivity contribution in [2.45, 2.75) is 20.8 Å². The number of ether oxygens (including phenoxy) is 2. The average molecular weight is 412 g/mol. The van der Waals surface area contributed by atoms with Crippen molar-refractivity contribution in [3.05, 3.63) is 53.6 Å². The SMILES string of the molecule is CCOc1ccc(OCCN2CCN(CC(=O)Nc3cccc(C)c3C)CC2)cc1. The molecule has 0 spiro atoms. The number of anilines is 1. The van der Waals surface area contributed by atoms with Gasteiger partial charge in [-0.25, -0.2) is 0 Å². The Labute approximate surface area is 179 Å². The molecular weight excluding hydrogens is 378 g/mol. The lowest BCUT2D eigenvalue weighted by molar-refractivity contribution is -0.117. The summed E-state index contributed by atoms with van der Waals surface area (Å²) in [5, 5.41) is 3.05. The van der Waals surface area contributed by atoms with Crippen LogP contribution >= 0.6 is 0 Å². The molecule has 30 heavy (non-hydrogen) atoms. The average Bonchev–Trinajstić information content (AvgIpc) is 2.74. The van der Waals surface area contributed by atoms with Gasteiger partial charge in [0.05, 0.1) is 13.2 Å². The fraction of sp³-hybridized carbons (Fsp3) is 0.458. The Morgan fingerprint density at radius 1 is 0.933 bits per heavy atom. The largest absolute Gasteiger partial charge is 0.494 e. The van der Waals surface area contributed by atoms with Gasteiger partial charge in [0.2, 0.25) is 5.91 Å². The number of amides is 1. The van der Waals surface area contributed by atoms with Crippen LogP contribution in [-0.4, -0.2) is 68.2 Å². The Morgan fingerprint density at radius 2 is 1.57 bits per heavy atom. The first-order valence-corrected chi connectivity index (χ1v) is 10.7. The smallest absolute Gasteiger partial charge is 0.238 e. The van der Waals surface area contributed by atoms with Crippen LogP contribution in [0.25, 0.3) is 0 Å². The van der Waals surface area contributed by atoms with E-state index in [0.717, 1.165) is 55.5 Å². The van der Waals surface area contributed by atoms with Crippen molar-refractivity contribution >= 4 is 11.6 Å². The third kappa shape index (κ3) is 6.47. The molecule has 1 saturated heterocycles. The molecule has 0 aliphatic carbocycles. The molecule has 0 aromatic heterocycles. The van der Waals surface area contributed by atoms with Crippen LogP contribution in [0.15, 0.2) is 42.5 Å². The van der Waals surface area contributed by atoms with E-state index in [1.807, 2.05) is 50.2 Å². The van der Waals surface area contributed by atoms with Crippen molar-refractivity contribution < 1.29 is 14.3 Å². The first-order valence-electron chi connectivity index (χ1n) is 10.7. The van der Waals surface area contributed by atoms with Crippen LogP contribution < -0.4 is 14.8 Å². The Morgan fingerprint density at radius 3 is 2.23 bits per heavy atom. The second kappa shape index (κ2) is 11.0. The predicted molar refractivity (Wildman–Crippen MR) is 121 cm³/mol. The number of benzene rings is 2. The third-order valence-electron chi connectivity index (χ3n) is 5.52. The summed E-state index contributed by atoms with van der Waals surface area (Å²) in [6, 6.07) is 13.7. The van der Waals surface area contributed by atoms with Crippen LogP contribution in [0, 0.1) is 13.8 Å². The van der Waals surface area contributed by atoms with Gasteiger partial charge in [-0.2, -0.15) is 0 Å². The maximum absolute atomic E-state index is 12.4. The van der Waals surface area contributed by atoms with Gasteiger partial charge in [0, 0.05) is 38.4 Å².